The van der Waals surface area contributed by atoms with Crippen molar-refractivity contribution in [2.24, 2.45) is 5.73 Å². The molecule has 3 aromatic rings. The van der Waals surface area contributed by atoms with Crippen molar-refractivity contribution in [2.75, 3.05) is 0 Å². The van der Waals surface area contributed by atoms with E-state index >= 15 is 0 Å². The van der Waals surface area contributed by atoms with Gasteiger partial charge in [0, 0.05) is 6.54 Å². The molecule has 0 bridgehead atoms. The van der Waals surface area contributed by atoms with E-state index in [0.29, 0.717) is 5.56 Å². The van der Waals surface area contributed by atoms with E-state index in [1.165, 1.54) is 16.8 Å². The Hall–Kier alpha value is -2.80. The highest BCUT2D eigenvalue weighted by Gasteiger charge is 2.13. The van der Waals surface area contributed by atoms with Crippen LogP contribution in [0.4, 0.5) is 4.39 Å². The number of halogens is 1. The number of hydrogen-bond acceptors (Lipinski definition) is 5. The molecule has 0 radical (unpaired) electrons. The summed E-state index contributed by atoms with van der Waals surface area (Å²) in [5, 5.41) is 11.1. The number of nitrogens with two attached hydrogens (primary N) is 1. The molecule has 2 N–H and O–H groups in total. The van der Waals surface area contributed by atoms with Gasteiger partial charge in [-0.1, -0.05) is 29.4 Å². The highest BCUT2D eigenvalue weighted by atomic mass is 19.1. The summed E-state index contributed by atoms with van der Waals surface area (Å²) in [6.45, 7) is 0.263. The maximum absolute atomic E-state index is 13.9. The molecule has 21 heavy (non-hydrogen) atoms. The molecule has 0 aliphatic carbocycles. The van der Waals surface area contributed by atoms with Gasteiger partial charge in [-0.2, -0.15) is 4.68 Å². The summed E-state index contributed by atoms with van der Waals surface area (Å²) in [6.07, 6.45) is 0. The van der Waals surface area contributed by atoms with Gasteiger partial charge >= 0.3 is 6.01 Å². The average molecular weight is 285 g/mol. The molecule has 0 amide bonds. The number of tetrazole rings is 1. The Morgan fingerprint density at radius 2 is 1.95 bits per heavy atom. The SMILES string of the molecule is NCc1ccc(Oc2nnnn2-c2ccccc2)c(F)c1. The Morgan fingerprint density at radius 3 is 2.67 bits per heavy atom. The molecule has 6 nitrogen and oxygen atoms in total. The van der Waals surface area contributed by atoms with Gasteiger partial charge in [0.15, 0.2) is 11.6 Å². The van der Waals surface area contributed by atoms with Gasteiger partial charge < -0.3 is 10.5 Å². The van der Waals surface area contributed by atoms with Crippen molar-refractivity contribution in [1.29, 1.82) is 0 Å². The molecule has 2 aromatic carbocycles. The largest absolute Gasteiger partial charge is 0.420 e. The number of aromatic nitrogens is 4. The van der Waals surface area contributed by atoms with E-state index in [1.54, 1.807) is 6.07 Å². The van der Waals surface area contributed by atoms with Crippen molar-refractivity contribution in [3.05, 3.63) is 59.9 Å². The quantitative estimate of drug-likeness (QED) is 0.793. The number of para-hydroxylation sites is 1. The van der Waals surface area contributed by atoms with E-state index in [2.05, 4.69) is 15.5 Å². The minimum atomic E-state index is -0.513. The molecule has 0 aliphatic rings. The highest BCUT2D eigenvalue weighted by Crippen LogP contribution is 2.24. The number of rotatable bonds is 4. The second-order valence-electron chi connectivity index (χ2n) is 4.28. The summed E-state index contributed by atoms with van der Waals surface area (Å²) in [5.74, 6) is -0.472. The number of hydrogen-bond donors (Lipinski definition) is 1. The topological polar surface area (TPSA) is 78.8 Å². The van der Waals surface area contributed by atoms with Gasteiger partial charge in [-0.25, -0.2) is 4.39 Å². The molecule has 0 aliphatic heterocycles. The summed E-state index contributed by atoms with van der Waals surface area (Å²) < 4.78 is 20.7. The zero-order valence-electron chi connectivity index (χ0n) is 11.0. The molecule has 1 aromatic heterocycles. The fourth-order valence-corrected chi connectivity index (χ4v) is 1.83. The predicted octanol–water partition coefficient (Wildman–Crippen LogP) is 2.05. The lowest BCUT2D eigenvalue weighted by Gasteiger charge is -2.07. The summed E-state index contributed by atoms with van der Waals surface area (Å²) in [6, 6.07) is 13.8. The second-order valence-corrected chi connectivity index (χ2v) is 4.28. The van der Waals surface area contributed by atoms with Crippen molar-refractivity contribution in [3.8, 4) is 17.4 Å². The lowest BCUT2D eigenvalue weighted by atomic mass is 10.2. The Morgan fingerprint density at radius 1 is 1.14 bits per heavy atom. The van der Waals surface area contributed by atoms with Crippen molar-refractivity contribution >= 4 is 0 Å². The zero-order chi connectivity index (χ0) is 14.7. The Kier molecular flexibility index (Phi) is 3.57. The molecule has 0 spiro atoms. The summed E-state index contributed by atoms with van der Waals surface area (Å²) in [7, 11) is 0. The highest BCUT2D eigenvalue weighted by molar-refractivity contribution is 5.34. The van der Waals surface area contributed by atoms with Crippen LogP contribution in [0.5, 0.6) is 11.8 Å². The number of benzene rings is 2. The number of ether oxygens (including phenoxy) is 1. The standard InChI is InChI=1S/C14H12FN5O/c15-12-8-10(9-16)6-7-13(12)21-14-17-18-19-20(14)11-4-2-1-3-5-11/h1-8H,9,16H2. The maximum Gasteiger partial charge on any atom is 0.346 e. The molecule has 1 heterocycles. The van der Waals surface area contributed by atoms with Crippen LogP contribution in [0.15, 0.2) is 48.5 Å². The molecular formula is C14H12FN5O. The van der Waals surface area contributed by atoms with Gasteiger partial charge in [-0.15, -0.1) is 0 Å². The fourth-order valence-electron chi connectivity index (χ4n) is 1.83. The minimum absolute atomic E-state index is 0.0409. The molecule has 0 saturated heterocycles. The first-order chi connectivity index (χ1) is 10.3. The first-order valence-electron chi connectivity index (χ1n) is 6.28. The third kappa shape index (κ3) is 2.72. The third-order valence-electron chi connectivity index (χ3n) is 2.87. The Balaban J connectivity index is 1.92. The molecular weight excluding hydrogens is 273 g/mol. The zero-order valence-corrected chi connectivity index (χ0v) is 11.0. The molecule has 0 unspecified atom stereocenters. The summed E-state index contributed by atoms with van der Waals surface area (Å²) in [4.78, 5) is 0. The van der Waals surface area contributed by atoms with Gasteiger partial charge in [0.25, 0.3) is 0 Å². The molecule has 3 rings (SSSR count). The van der Waals surface area contributed by atoms with Crippen LogP contribution in [0.25, 0.3) is 5.69 Å². The minimum Gasteiger partial charge on any atom is -0.420 e. The van der Waals surface area contributed by atoms with Crippen LogP contribution < -0.4 is 10.5 Å². The number of nitrogens with zero attached hydrogens (tertiary/aromatic N) is 4. The molecule has 106 valence electrons. The molecule has 0 fully saturated rings. The van der Waals surface area contributed by atoms with E-state index in [-0.39, 0.29) is 18.3 Å². The van der Waals surface area contributed by atoms with Crippen LogP contribution in [-0.4, -0.2) is 20.2 Å². The third-order valence-corrected chi connectivity index (χ3v) is 2.87. The van der Waals surface area contributed by atoms with Crippen LogP contribution >= 0.6 is 0 Å². The van der Waals surface area contributed by atoms with Crippen LogP contribution in [0.2, 0.25) is 0 Å². The van der Waals surface area contributed by atoms with Crippen LogP contribution in [-0.2, 0) is 6.54 Å². The smallest absolute Gasteiger partial charge is 0.346 e. The Bertz CT molecular complexity index is 744. The van der Waals surface area contributed by atoms with Gasteiger partial charge in [0.05, 0.1) is 5.69 Å². The maximum atomic E-state index is 13.9. The van der Waals surface area contributed by atoms with Crippen molar-refractivity contribution in [1.82, 2.24) is 20.2 Å². The van der Waals surface area contributed by atoms with Gasteiger partial charge in [0.2, 0.25) is 0 Å². The van der Waals surface area contributed by atoms with Crippen molar-refractivity contribution in [3.63, 3.8) is 0 Å². The van der Waals surface area contributed by atoms with Gasteiger partial charge in [-0.3, -0.25) is 0 Å². The van der Waals surface area contributed by atoms with E-state index in [1.807, 2.05) is 30.3 Å². The van der Waals surface area contributed by atoms with E-state index in [4.69, 9.17) is 10.5 Å². The van der Waals surface area contributed by atoms with Gasteiger partial charge in [0.1, 0.15) is 0 Å². The lowest BCUT2D eigenvalue weighted by Crippen LogP contribution is -2.02. The summed E-state index contributed by atoms with van der Waals surface area (Å²) >= 11 is 0. The Labute approximate surface area is 120 Å². The van der Waals surface area contributed by atoms with Crippen LogP contribution in [0, 0.1) is 5.82 Å². The normalized spacial score (nSPS) is 10.6. The van der Waals surface area contributed by atoms with Gasteiger partial charge in [-0.05, 0) is 40.3 Å². The van der Waals surface area contributed by atoms with Crippen molar-refractivity contribution < 1.29 is 9.13 Å². The average Bonchev–Trinajstić information content (AvgIpc) is 2.98. The fraction of sp³-hybridized carbons (Fsp3) is 0.0714. The van der Waals surface area contributed by atoms with Crippen LogP contribution in [0.1, 0.15) is 5.56 Å². The molecule has 0 atom stereocenters. The molecule has 0 saturated carbocycles. The van der Waals surface area contributed by atoms with Crippen molar-refractivity contribution in [2.45, 2.75) is 6.54 Å². The predicted molar refractivity (Wildman–Crippen MR) is 73.5 cm³/mol. The first-order valence-corrected chi connectivity index (χ1v) is 6.28. The van der Waals surface area contributed by atoms with E-state index in [9.17, 15) is 4.39 Å². The second kappa shape index (κ2) is 5.68. The molecule has 7 heteroatoms. The van der Waals surface area contributed by atoms with Crippen LogP contribution in [0.3, 0.4) is 0 Å². The lowest BCUT2D eigenvalue weighted by molar-refractivity contribution is 0.399. The monoisotopic (exact) mass is 285 g/mol. The van der Waals surface area contributed by atoms with E-state index in [0.717, 1.165) is 5.69 Å². The summed E-state index contributed by atoms with van der Waals surface area (Å²) in [5.41, 5.74) is 6.86. The van der Waals surface area contributed by atoms with E-state index < -0.39 is 5.82 Å². The first kappa shape index (κ1) is 13.2.